The van der Waals surface area contributed by atoms with E-state index in [2.05, 4.69) is 20.8 Å². The fourth-order valence-electron chi connectivity index (χ4n) is 3.22. The maximum Gasteiger partial charge on any atom is 0.251 e. The molecule has 2 bridgehead atoms. The molecule has 7 heteroatoms. The van der Waals surface area contributed by atoms with Crippen molar-refractivity contribution in [1.29, 1.82) is 0 Å². The summed E-state index contributed by atoms with van der Waals surface area (Å²) in [6.45, 7) is 0. The summed E-state index contributed by atoms with van der Waals surface area (Å²) in [5, 5.41) is 14.5. The highest BCUT2D eigenvalue weighted by molar-refractivity contribution is 8.01. The fraction of sp³-hybridized carbons (Fsp3) is 0.400. The predicted octanol–water partition coefficient (Wildman–Crippen LogP) is 2.31. The van der Waals surface area contributed by atoms with E-state index < -0.39 is 0 Å². The molecule has 114 valence electrons. The van der Waals surface area contributed by atoms with E-state index in [0.29, 0.717) is 17.6 Å². The summed E-state index contributed by atoms with van der Waals surface area (Å²) in [6.07, 6.45) is 3.48. The van der Waals surface area contributed by atoms with Gasteiger partial charge < -0.3 is 10.6 Å². The smallest absolute Gasteiger partial charge is 0.251 e. The second-order valence-corrected chi connectivity index (χ2v) is 7.85. The SMILES string of the molecule is O=C(N[C@@H]1C[C@H]2CC[C@@H]1N2)c1ccc(Sc2nncs2)cc1. The lowest BCUT2D eigenvalue weighted by Crippen LogP contribution is -2.42. The molecular formula is C15H16N4OS2. The lowest BCUT2D eigenvalue weighted by Gasteiger charge is -2.21. The first-order valence-electron chi connectivity index (χ1n) is 7.39. The highest BCUT2D eigenvalue weighted by Gasteiger charge is 2.39. The molecule has 0 spiro atoms. The first kappa shape index (κ1) is 14.2. The zero-order valence-corrected chi connectivity index (χ0v) is 13.5. The molecule has 5 nitrogen and oxygen atoms in total. The molecule has 0 aliphatic carbocycles. The van der Waals surface area contributed by atoms with Crippen molar-refractivity contribution in [2.45, 2.75) is 46.6 Å². The second-order valence-electron chi connectivity index (χ2n) is 5.69. The van der Waals surface area contributed by atoms with E-state index in [9.17, 15) is 4.79 Å². The first-order valence-corrected chi connectivity index (χ1v) is 9.08. The van der Waals surface area contributed by atoms with Crippen molar-refractivity contribution >= 4 is 29.0 Å². The number of fused-ring (bicyclic) bond motifs is 2. The summed E-state index contributed by atoms with van der Waals surface area (Å²) in [6, 6.07) is 9.00. The van der Waals surface area contributed by atoms with Gasteiger partial charge in [0.2, 0.25) is 0 Å². The van der Waals surface area contributed by atoms with E-state index in [0.717, 1.165) is 15.7 Å². The molecule has 3 heterocycles. The zero-order valence-electron chi connectivity index (χ0n) is 11.9. The Morgan fingerprint density at radius 2 is 2.18 bits per heavy atom. The third kappa shape index (κ3) is 2.88. The Hall–Kier alpha value is -1.44. The number of hydrogen-bond donors (Lipinski definition) is 2. The minimum absolute atomic E-state index is 0.0202. The van der Waals surface area contributed by atoms with Crippen LogP contribution in [0.4, 0.5) is 0 Å². The molecule has 0 radical (unpaired) electrons. The normalized spacial score (nSPS) is 26.3. The summed E-state index contributed by atoms with van der Waals surface area (Å²) in [7, 11) is 0. The molecule has 1 aromatic heterocycles. The first-order chi connectivity index (χ1) is 10.8. The van der Waals surface area contributed by atoms with Crippen LogP contribution in [-0.4, -0.2) is 34.2 Å². The van der Waals surface area contributed by atoms with Crippen molar-refractivity contribution < 1.29 is 4.79 Å². The van der Waals surface area contributed by atoms with Crippen LogP contribution in [0.2, 0.25) is 0 Å². The van der Waals surface area contributed by atoms with Crippen LogP contribution in [0.15, 0.2) is 39.0 Å². The molecule has 2 aliphatic heterocycles. The van der Waals surface area contributed by atoms with Crippen LogP contribution in [-0.2, 0) is 0 Å². The maximum atomic E-state index is 12.3. The van der Waals surface area contributed by atoms with Gasteiger partial charge in [0.1, 0.15) is 5.51 Å². The highest BCUT2D eigenvalue weighted by Crippen LogP contribution is 2.29. The predicted molar refractivity (Wildman–Crippen MR) is 86.3 cm³/mol. The summed E-state index contributed by atoms with van der Waals surface area (Å²) >= 11 is 3.07. The Kier molecular flexibility index (Phi) is 3.85. The van der Waals surface area contributed by atoms with Gasteiger partial charge in [0, 0.05) is 28.6 Å². The molecule has 2 N–H and O–H groups in total. The number of nitrogens with one attached hydrogen (secondary N) is 2. The van der Waals surface area contributed by atoms with Gasteiger partial charge in [-0.05, 0) is 43.5 Å². The number of amides is 1. The van der Waals surface area contributed by atoms with Crippen LogP contribution in [0.25, 0.3) is 0 Å². The maximum absolute atomic E-state index is 12.3. The molecule has 2 aliphatic rings. The summed E-state index contributed by atoms with van der Waals surface area (Å²) in [5.74, 6) is 0.0202. The molecule has 1 amide bonds. The molecule has 2 fully saturated rings. The van der Waals surface area contributed by atoms with E-state index in [4.69, 9.17) is 0 Å². The summed E-state index contributed by atoms with van der Waals surface area (Å²) in [5.41, 5.74) is 2.43. The van der Waals surface area contributed by atoms with E-state index in [-0.39, 0.29) is 11.9 Å². The number of carbonyl (C=O) groups is 1. The van der Waals surface area contributed by atoms with Crippen molar-refractivity contribution in [2.24, 2.45) is 0 Å². The van der Waals surface area contributed by atoms with Crippen molar-refractivity contribution in [3.8, 4) is 0 Å². The van der Waals surface area contributed by atoms with Crippen LogP contribution in [0, 0.1) is 0 Å². The molecule has 3 atom stereocenters. The Morgan fingerprint density at radius 1 is 1.32 bits per heavy atom. The largest absolute Gasteiger partial charge is 0.348 e. The van der Waals surface area contributed by atoms with Crippen LogP contribution < -0.4 is 10.6 Å². The molecule has 22 heavy (non-hydrogen) atoms. The number of rotatable bonds is 4. The van der Waals surface area contributed by atoms with Crippen LogP contribution in [0.3, 0.4) is 0 Å². The van der Waals surface area contributed by atoms with Gasteiger partial charge in [0.25, 0.3) is 5.91 Å². The molecule has 4 rings (SSSR count). The Morgan fingerprint density at radius 3 is 2.82 bits per heavy atom. The summed E-state index contributed by atoms with van der Waals surface area (Å²) in [4.78, 5) is 13.4. The van der Waals surface area contributed by atoms with Gasteiger partial charge >= 0.3 is 0 Å². The number of aromatic nitrogens is 2. The van der Waals surface area contributed by atoms with Gasteiger partial charge in [0.15, 0.2) is 4.34 Å². The van der Waals surface area contributed by atoms with Crippen molar-refractivity contribution in [3.63, 3.8) is 0 Å². The van der Waals surface area contributed by atoms with E-state index in [1.54, 1.807) is 17.3 Å². The van der Waals surface area contributed by atoms with Gasteiger partial charge in [-0.3, -0.25) is 4.79 Å². The fourth-order valence-corrected chi connectivity index (χ4v) is 4.67. The lowest BCUT2D eigenvalue weighted by molar-refractivity contribution is 0.0931. The highest BCUT2D eigenvalue weighted by atomic mass is 32.2. The molecule has 0 saturated carbocycles. The molecule has 1 aromatic carbocycles. The van der Waals surface area contributed by atoms with Gasteiger partial charge in [-0.25, -0.2) is 0 Å². The number of hydrogen-bond acceptors (Lipinski definition) is 6. The third-order valence-electron chi connectivity index (χ3n) is 4.28. The van der Waals surface area contributed by atoms with Crippen LogP contribution >= 0.6 is 23.1 Å². The molecule has 0 unspecified atom stereocenters. The molecule has 2 aromatic rings. The minimum Gasteiger partial charge on any atom is -0.348 e. The molecule has 2 saturated heterocycles. The van der Waals surface area contributed by atoms with Crippen LogP contribution in [0.1, 0.15) is 29.6 Å². The van der Waals surface area contributed by atoms with Crippen molar-refractivity contribution in [3.05, 3.63) is 35.3 Å². The van der Waals surface area contributed by atoms with E-state index in [1.165, 1.54) is 24.2 Å². The number of carbonyl (C=O) groups excluding carboxylic acids is 1. The summed E-state index contributed by atoms with van der Waals surface area (Å²) < 4.78 is 0.908. The monoisotopic (exact) mass is 332 g/mol. The zero-order chi connectivity index (χ0) is 14.9. The van der Waals surface area contributed by atoms with E-state index in [1.807, 2.05) is 24.3 Å². The van der Waals surface area contributed by atoms with Gasteiger partial charge in [-0.2, -0.15) is 0 Å². The Labute approximate surface area is 136 Å². The third-order valence-corrected chi connectivity index (χ3v) is 6.06. The van der Waals surface area contributed by atoms with Crippen molar-refractivity contribution in [1.82, 2.24) is 20.8 Å². The Bertz CT molecular complexity index is 659. The average Bonchev–Trinajstić information content (AvgIpc) is 3.25. The lowest BCUT2D eigenvalue weighted by atomic mass is 9.95. The second kappa shape index (κ2) is 5.98. The van der Waals surface area contributed by atoms with Gasteiger partial charge in [0.05, 0.1) is 0 Å². The van der Waals surface area contributed by atoms with Gasteiger partial charge in [-0.15, -0.1) is 10.2 Å². The van der Waals surface area contributed by atoms with E-state index >= 15 is 0 Å². The average molecular weight is 332 g/mol. The minimum atomic E-state index is 0.0202. The van der Waals surface area contributed by atoms with Gasteiger partial charge in [-0.1, -0.05) is 23.1 Å². The molecular weight excluding hydrogens is 316 g/mol. The number of nitrogens with zero attached hydrogens (tertiary/aromatic N) is 2. The quantitative estimate of drug-likeness (QED) is 0.899. The number of benzene rings is 1. The Balaban J connectivity index is 1.38. The van der Waals surface area contributed by atoms with Crippen molar-refractivity contribution in [2.75, 3.05) is 0 Å². The standard InChI is InChI=1S/C15H16N4OS2/c20-14(18-13-7-10-3-6-12(13)17-10)9-1-4-11(5-2-9)22-15-19-16-8-21-15/h1-2,4-5,8,10,12-13,17H,3,6-7H2,(H,18,20)/t10-,12+,13-/m1/s1. The topological polar surface area (TPSA) is 66.9 Å². The van der Waals surface area contributed by atoms with Crippen LogP contribution in [0.5, 0.6) is 0 Å².